The largest absolute Gasteiger partial charge is 0.493 e. The van der Waals surface area contributed by atoms with Crippen LogP contribution in [-0.4, -0.2) is 43.5 Å². The van der Waals surface area contributed by atoms with Crippen LogP contribution in [0.3, 0.4) is 0 Å². The average Bonchev–Trinajstić information content (AvgIpc) is 2.66. The number of piperazine rings is 1. The number of nitrogens with one attached hydrogen (secondary N) is 1. The fourth-order valence-electron chi connectivity index (χ4n) is 2.90. The van der Waals surface area contributed by atoms with E-state index in [9.17, 15) is 9.59 Å². The molecule has 136 valence electrons. The molecule has 1 saturated heterocycles. The van der Waals surface area contributed by atoms with Crippen molar-refractivity contribution >= 4 is 23.4 Å². The van der Waals surface area contributed by atoms with Gasteiger partial charge in [-0.25, -0.2) is 0 Å². The second-order valence-corrected chi connectivity index (χ2v) is 6.21. The summed E-state index contributed by atoms with van der Waals surface area (Å²) in [6, 6.07) is 13.3. The van der Waals surface area contributed by atoms with Crippen molar-refractivity contribution in [3.8, 4) is 11.5 Å². The van der Waals surface area contributed by atoms with E-state index in [2.05, 4.69) is 5.32 Å². The number of carbonyl (C=O) groups excluding carboxylic acids is 2. The standard InChI is InChI=1S/C19H19ClN2O4/c1-25-15-7-2-3-8-16(15)26-12-17(23)22-10-9-21-19(24)18(22)13-5-4-6-14(20)11-13/h2-8,11,18H,9-10,12H2,1H3,(H,21,24). The molecule has 26 heavy (non-hydrogen) atoms. The lowest BCUT2D eigenvalue weighted by Crippen LogP contribution is -2.53. The van der Waals surface area contributed by atoms with Crippen molar-refractivity contribution in [2.24, 2.45) is 0 Å². The van der Waals surface area contributed by atoms with Crippen LogP contribution in [0.5, 0.6) is 11.5 Å². The van der Waals surface area contributed by atoms with Gasteiger partial charge in [-0.05, 0) is 29.8 Å². The van der Waals surface area contributed by atoms with E-state index in [1.54, 1.807) is 42.5 Å². The fourth-order valence-corrected chi connectivity index (χ4v) is 3.10. The zero-order valence-electron chi connectivity index (χ0n) is 14.3. The summed E-state index contributed by atoms with van der Waals surface area (Å²) in [6.07, 6.45) is 0. The highest BCUT2D eigenvalue weighted by molar-refractivity contribution is 6.30. The average molecular weight is 375 g/mol. The van der Waals surface area contributed by atoms with Gasteiger partial charge in [-0.3, -0.25) is 9.59 Å². The van der Waals surface area contributed by atoms with Gasteiger partial charge in [0.05, 0.1) is 7.11 Å². The Morgan fingerprint density at radius 1 is 1.23 bits per heavy atom. The van der Waals surface area contributed by atoms with Crippen molar-refractivity contribution in [3.05, 3.63) is 59.1 Å². The molecule has 0 saturated carbocycles. The van der Waals surface area contributed by atoms with E-state index in [0.29, 0.717) is 35.2 Å². The topological polar surface area (TPSA) is 67.9 Å². The maximum Gasteiger partial charge on any atom is 0.261 e. The van der Waals surface area contributed by atoms with Crippen molar-refractivity contribution in [1.29, 1.82) is 0 Å². The van der Waals surface area contributed by atoms with Crippen LogP contribution in [0.4, 0.5) is 0 Å². The number of hydrogen-bond donors (Lipinski definition) is 1. The molecule has 1 heterocycles. The highest BCUT2D eigenvalue weighted by Crippen LogP contribution is 2.28. The van der Waals surface area contributed by atoms with Crippen LogP contribution >= 0.6 is 11.6 Å². The van der Waals surface area contributed by atoms with E-state index < -0.39 is 6.04 Å². The van der Waals surface area contributed by atoms with Gasteiger partial charge in [0.1, 0.15) is 6.04 Å². The van der Waals surface area contributed by atoms with Gasteiger partial charge < -0.3 is 19.7 Å². The molecule has 3 rings (SSSR count). The number of hydrogen-bond acceptors (Lipinski definition) is 4. The molecule has 1 unspecified atom stereocenters. The molecule has 1 aliphatic rings. The zero-order chi connectivity index (χ0) is 18.5. The first-order valence-electron chi connectivity index (χ1n) is 8.18. The number of methoxy groups -OCH3 is 1. The summed E-state index contributed by atoms with van der Waals surface area (Å²) in [6.45, 7) is 0.609. The summed E-state index contributed by atoms with van der Waals surface area (Å²) in [7, 11) is 1.54. The first-order valence-corrected chi connectivity index (χ1v) is 8.56. The van der Waals surface area contributed by atoms with Crippen molar-refractivity contribution in [3.63, 3.8) is 0 Å². The lowest BCUT2D eigenvalue weighted by atomic mass is 10.0. The highest BCUT2D eigenvalue weighted by Gasteiger charge is 2.34. The van der Waals surface area contributed by atoms with Gasteiger partial charge in [-0.15, -0.1) is 0 Å². The Morgan fingerprint density at radius 2 is 2.00 bits per heavy atom. The SMILES string of the molecule is COc1ccccc1OCC(=O)N1CCNC(=O)C1c1cccc(Cl)c1. The van der Waals surface area contributed by atoms with Crippen molar-refractivity contribution in [1.82, 2.24) is 10.2 Å². The Labute approximate surface area is 156 Å². The van der Waals surface area contributed by atoms with Crippen LogP contribution in [0, 0.1) is 0 Å². The third kappa shape index (κ3) is 3.91. The monoisotopic (exact) mass is 374 g/mol. The number of carbonyl (C=O) groups is 2. The van der Waals surface area contributed by atoms with Crippen LogP contribution < -0.4 is 14.8 Å². The smallest absolute Gasteiger partial charge is 0.261 e. The Morgan fingerprint density at radius 3 is 2.73 bits per heavy atom. The van der Waals surface area contributed by atoms with Gasteiger partial charge in [-0.2, -0.15) is 0 Å². The van der Waals surface area contributed by atoms with E-state index in [1.165, 1.54) is 12.0 Å². The number of ether oxygens (including phenoxy) is 2. The second-order valence-electron chi connectivity index (χ2n) is 5.78. The molecular formula is C19H19ClN2O4. The molecule has 1 N–H and O–H groups in total. The first kappa shape index (κ1) is 18.1. The molecule has 2 amide bonds. The highest BCUT2D eigenvalue weighted by atomic mass is 35.5. The van der Waals surface area contributed by atoms with Gasteiger partial charge in [0.15, 0.2) is 18.1 Å². The Bertz CT molecular complexity index is 812. The quantitative estimate of drug-likeness (QED) is 0.872. The maximum absolute atomic E-state index is 12.7. The van der Waals surface area contributed by atoms with Crippen LogP contribution in [0.1, 0.15) is 11.6 Å². The van der Waals surface area contributed by atoms with Gasteiger partial charge in [0, 0.05) is 18.1 Å². The van der Waals surface area contributed by atoms with E-state index in [0.717, 1.165) is 0 Å². The molecule has 1 aliphatic heterocycles. The molecular weight excluding hydrogens is 356 g/mol. The Balaban J connectivity index is 1.76. The fraction of sp³-hybridized carbons (Fsp3) is 0.263. The molecule has 1 atom stereocenters. The minimum absolute atomic E-state index is 0.190. The van der Waals surface area contributed by atoms with Crippen molar-refractivity contribution in [2.45, 2.75) is 6.04 Å². The number of rotatable bonds is 5. The Kier molecular flexibility index (Phi) is 5.63. The van der Waals surface area contributed by atoms with Gasteiger partial charge in [0.25, 0.3) is 5.91 Å². The molecule has 6 nitrogen and oxygen atoms in total. The number of para-hydroxylation sites is 2. The summed E-state index contributed by atoms with van der Waals surface area (Å²) in [4.78, 5) is 26.6. The molecule has 0 radical (unpaired) electrons. The molecule has 1 fully saturated rings. The maximum atomic E-state index is 12.7. The third-order valence-corrected chi connectivity index (χ3v) is 4.35. The molecule has 7 heteroatoms. The number of amides is 2. The predicted molar refractivity (Wildman–Crippen MR) is 97.4 cm³/mol. The summed E-state index contributed by atoms with van der Waals surface area (Å²) >= 11 is 6.04. The summed E-state index contributed by atoms with van der Waals surface area (Å²) in [5.74, 6) is 0.507. The summed E-state index contributed by atoms with van der Waals surface area (Å²) in [5.41, 5.74) is 0.667. The molecule has 2 aromatic rings. The molecule has 0 spiro atoms. The van der Waals surface area contributed by atoms with Gasteiger partial charge >= 0.3 is 0 Å². The van der Waals surface area contributed by atoms with Crippen molar-refractivity contribution in [2.75, 3.05) is 26.8 Å². The van der Waals surface area contributed by atoms with E-state index in [1.807, 2.05) is 6.07 Å². The lowest BCUT2D eigenvalue weighted by molar-refractivity contribution is -0.145. The number of halogens is 1. The molecule has 0 aromatic heterocycles. The number of benzene rings is 2. The third-order valence-electron chi connectivity index (χ3n) is 4.12. The van der Waals surface area contributed by atoms with E-state index in [4.69, 9.17) is 21.1 Å². The van der Waals surface area contributed by atoms with E-state index >= 15 is 0 Å². The molecule has 0 aliphatic carbocycles. The first-order chi connectivity index (χ1) is 12.6. The number of nitrogens with zero attached hydrogens (tertiary/aromatic N) is 1. The van der Waals surface area contributed by atoms with Crippen molar-refractivity contribution < 1.29 is 19.1 Å². The van der Waals surface area contributed by atoms with E-state index in [-0.39, 0.29) is 18.4 Å². The predicted octanol–water partition coefficient (Wildman–Crippen LogP) is 2.43. The zero-order valence-corrected chi connectivity index (χ0v) is 15.0. The normalized spacial score (nSPS) is 16.8. The molecule has 2 aromatic carbocycles. The minimum atomic E-state index is -0.726. The second kappa shape index (κ2) is 8.10. The van der Waals surface area contributed by atoms with Gasteiger partial charge in [0.2, 0.25) is 5.91 Å². The van der Waals surface area contributed by atoms with Gasteiger partial charge in [-0.1, -0.05) is 35.9 Å². The molecule has 0 bridgehead atoms. The van der Waals surface area contributed by atoms with Crippen LogP contribution in [0.15, 0.2) is 48.5 Å². The van der Waals surface area contributed by atoms with Crippen LogP contribution in [-0.2, 0) is 9.59 Å². The summed E-state index contributed by atoms with van der Waals surface area (Å²) < 4.78 is 10.8. The lowest BCUT2D eigenvalue weighted by Gasteiger charge is -2.35. The minimum Gasteiger partial charge on any atom is -0.493 e. The van der Waals surface area contributed by atoms with Crippen LogP contribution in [0.25, 0.3) is 0 Å². The Hall–Kier alpha value is -2.73. The summed E-state index contributed by atoms with van der Waals surface area (Å²) in [5, 5.41) is 3.30. The van der Waals surface area contributed by atoms with Crippen LogP contribution in [0.2, 0.25) is 5.02 Å².